The highest BCUT2D eigenvalue weighted by Gasteiger charge is 2.14. The first kappa shape index (κ1) is 11.9. The average Bonchev–Trinajstić information content (AvgIpc) is 2.65. The number of hydrogen-bond donors (Lipinski definition) is 2. The van der Waals surface area contributed by atoms with Gasteiger partial charge in [0.05, 0.1) is 18.8 Å². The van der Waals surface area contributed by atoms with Crippen molar-refractivity contribution in [1.29, 1.82) is 0 Å². The third-order valence-corrected chi connectivity index (χ3v) is 2.41. The standard InChI is InChI=1S/C10H21NO3/c1-13-8-9(12)4-5-11-7-10-3-2-6-14-10/h9-12H,2-8H2,1H3. The molecule has 0 aromatic rings. The Hall–Kier alpha value is -0.160. The van der Waals surface area contributed by atoms with Crippen molar-refractivity contribution in [2.75, 3.05) is 33.4 Å². The summed E-state index contributed by atoms with van der Waals surface area (Å²) in [5, 5.41) is 12.6. The molecule has 1 heterocycles. The van der Waals surface area contributed by atoms with Gasteiger partial charge in [0.2, 0.25) is 0 Å². The molecule has 1 fully saturated rings. The molecule has 0 radical (unpaired) electrons. The number of aliphatic hydroxyl groups is 1. The summed E-state index contributed by atoms with van der Waals surface area (Å²) in [5.41, 5.74) is 0. The summed E-state index contributed by atoms with van der Waals surface area (Å²) in [6.45, 7) is 3.05. The fourth-order valence-electron chi connectivity index (χ4n) is 1.61. The van der Waals surface area contributed by atoms with Gasteiger partial charge in [-0.1, -0.05) is 0 Å². The first-order chi connectivity index (χ1) is 6.83. The molecule has 84 valence electrons. The zero-order valence-electron chi connectivity index (χ0n) is 8.87. The summed E-state index contributed by atoms with van der Waals surface area (Å²) in [7, 11) is 1.60. The van der Waals surface area contributed by atoms with Crippen LogP contribution in [0.4, 0.5) is 0 Å². The molecule has 0 bridgehead atoms. The van der Waals surface area contributed by atoms with Crippen molar-refractivity contribution in [2.45, 2.75) is 31.5 Å². The topological polar surface area (TPSA) is 50.7 Å². The molecule has 1 aliphatic rings. The van der Waals surface area contributed by atoms with Crippen molar-refractivity contribution in [3.63, 3.8) is 0 Å². The first-order valence-corrected chi connectivity index (χ1v) is 5.32. The molecule has 0 aromatic carbocycles. The van der Waals surface area contributed by atoms with Crippen LogP contribution in [-0.2, 0) is 9.47 Å². The van der Waals surface area contributed by atoms with Crippen LogP contribution in [0.3, 0.4) is 0 Å². The van der Waals surface area contributed by atoms with Crippen LogP contribution in [0.15, 0.2) is 0 Å². The lowest BCUT2D eigenvalue weighted by Gasteiger charge is -2.12. The van der Waals surface area contributed by atoms with E-state index < -0.39 is 0 Å². The van der Waals surface area contributed by atoms with Gasteiger partial charge in [0.1, 0.15) is 0 Å². The summed E-state index contributed by atoms with van der Waals surface area (Å²) in [4.78, 5) is 0. The molecule has 0 spiro atoms. The van der Waals surface area contributed by atoms with E-state index in [-0.39, 0.29) is 6.10 Å². The van der Waals surface area contributed by atoms with Crippen LogP contribution in [0.5, 0.6) is 0 Å². The molecular weight excluding hydrogens is 182 g/mol. The first-order valence-electron chi connectivity index (χ1n) is 5.32. The van der Waals surface area contributed by atoms with Gasteiger partial charge < -0.3 is 19.9 Å². The maximum absolute atomic E-state index is 9.34. The molecule has 4 heteroatoms. The van der Waals surface area contributed by atoms with Crippen LogP contribution in [0.25, 0.3) is 0 Å². The Bertz CT molecular complexity index is 137. The van der Waals surface area contributed by atoms with E-state index in [1.54, 1.807) is 7.11 Å². The van der Waals surface area contributed by atoms with Gasteiger partial charge in [0.15, 0.2) is 0 Å². The lowest BCUT2D eigenvalue weighted by molar-refractivity contribution is 0.0579. The van der Waals surface area contributed by atoms with E-state index in [1.165, 1.54) is 6.42 Å². The van der Waals surface area contributed by atoms with Crippen LogP contribution >= 0.6 is 0 Å². The van der Waals surface area contributed by atoms with Crippen LogP contribution in [0.1, 0.15) is 19.3 Å². The lowest BCUT2D eigenvalue weighted by Crippen LogP contribution is -2.29. The van der Waals surface area contributed by atoms with E-state index in [0.717, 1.165) is 32.5 Å². The van der Waals surface area contributed by atoms with E-state index in [4.69, 9.17) is 9.47 Å². The minimum Gasteiger partial charge on any atom is -0.391 e. The average molecular weight is 203 g/mol. The molecule has 2 atom stereocenters. The number of ether oxygens (including phenoxy) is 2. The van der Waals surface area contributed by atoms with Gasteiger partial charge in [-0.05, 0) is 25.8 Å². The van der Waals surface area contributed by atoms with Gasteiger partial charge in [-0.15, -0.1) is 0 Å². The van der Waals surface area contributed by atoms with Crippen molar-refractivity contribution in [3.8, 4) is 0 Å². The van der Waals surface area contributed by atoms with Gasteiger partial charge in [0, 0.05) is 20.3 Å². The monoisotopic (exact) mass is 203 g/mol. The van der Waals surface area contributed by atoms with Crippen molar-refractivity contribution in [3.05, 3.63) is 0 Å². The zero-order valence-corrected chi connectivity index (χ0v) is 8.87. The quantitative estimate of drug-likeness (QED) is 0.578. The molecule has 0 saturated carbocycles. The fraction of sp³-hybridized carbons (Fsp3) is 1.00. The van der Waals surface area contributed by atoms with Crippen molar-refractivity contribution < 1.29 is 14.6 Å². The second kappa shape index (κ2) is 7.17. The highest BCUT2D eigenvalue weighted by Crippen LogP contribution is 2.10. The predicted octanol–water partition coefficient (Wildman–Crippen LogP) is 0.152. The number of rotatable bonds is 7. The summed E-state index contributed by atoms with van der Waals surface area (Å²) in [6.07, 6.45) is 3.11. The molecule has 1 saturated heterocycles. The molecule has 14 heavy (non-hydrogen) atoms. The third kappa shape index (κ3) is 4.91. The lowest BCUT2D eigenvalue weighted by atomic mass is 10.2. The molecule has 4 nitrogen and oxygen atoms in total. The number of nitrogens with one attached hydrogen (secondary N) is 1. The molecule has 2 N–H and O–H groups in total. The molecule has 0 aromatic heterocycles. The van der Waals surface area contributed by atoms with Crippen molar-refractivity contribution in [1.82, 2.24) is 5.32 Å². The Morgan fingerprint density at radius 3 is 3.14 bits per heavy atom. The van der Waals surface area contributed by atoms with E-state index in [9.17, 15) is 5.11 Å². The Morgan fingerprint density at radius 1 is 1.64 bits per heavy atom. The largest absolute Gasteiger partial charge is 0.391 e. The minimum atomic E-state index is -0.350. The molecule has 1 rings (SSSR count). The molecular formula is C10H21NO3. The van der Waals surface area contributed by atoms with Gasteiger partial charge in [-0.25, -0.2) is 0 Å². The third-order valence-electron chi connectivity index (χ3n) is 2.41. The van der Waals surface area contributed by atoms with Crippen LogP contribution < -0.4 is 5.32 Å². The highest BCUT2D eigenvalue weighted by atomic mass is 16.5. The Kier molecular flexibility index (Phi) is 6.10. The van der Waals surface area contributed by atoms with Gasteiger partial charge >= 0.3 is 0 Å². The number of methoxy groups -OCH3 is 1. The second-order valence-electron chi connectivity index (χ2n) is 3.74. The number of hydrogen-bond acceptors (Lipinski definition) is 4. The Balaban J connectivity index is 1.88. The molecule has 0 amide bonds. The normalized spacial score (nSPS) is 24.0. The smallest absolute Gasteiger partial charge is 0.0785 e. The highest BCUT2D eigenvalue weighted by molar-refractivity contribution is 4.67. The van der Waals surface area contributed by atoms with E-state index in [1.807, 2.05) is 0 Å². The maximum atomic E-state index is 9.34. The van der Waals surface area contributed by atoms with E-state index in [0.29, 0.717) is 12.7 Å². The van der Waals surface area contributed by atoms with Gasteiger partial charge in [-0.3, -0.25) is 0 Å². The summed E-state index contributed by atoms with van der Waals surface area (Å²) < 4.78 is 10.3. The van der Waals surface area contributed by atoms with Crippen molar-refractivity contribution in [2.24, 2.45) is 0 Å². The summed E-state index contributed by atoms with van der Waals surface area (Å²) in [5.74, 6) is 0. The fourth-order valence-corrected chi connectivity index (χ4v) is 1.61. The summed E-state index contributed by atoms with van der Waals surface area (Å²) in [6, 6.07) is 0. The van der Waals surface area contributed by atoms with Gasteiger partial charge in [-0.2, -0.15) is 0 Å². The Morgan fingerprint density at radius 2 is 2.50 bits per heavy atom. The van der Waals surface area contributed by atoms with E-state index in [2.05, 4.69) is 5.32 Å². The minimum absolute atomic E-state index is 0.350. The predicted molar refractivity (Wildman–Crippen MR) is 54.3 cm³/mol. The van der Waals surface area contributed by atoms with Crippen LogP contribution in [0, 0.1) is 0 Å². The molecule has 1 aliphatic heterocycles. The van der Waals surface area contributed by atoms with E-state index >= 15 is 0 Å². The zero-order chi connectivity index (χ0) is 10.2. The Labute approximate surface area is 85.6 Å². The maximum Gasteiger partial charge on any atom is 0.0785 e. The second-order valence-corrected chi connectivity index (χ2v) is 3.74. The molecule has 2 unspecified atom stereocenters. The number of aliphatic hydroxyl groups excluding tert-OH is 1. The molecule has 0 aliphatic carbocycles. The summed E-state index contributed by atoms with van der Waals surface area (Å²) >= 11 is 0. The van der Waals surface area contributed by atoms with Gasteiger partial charge in [0.25, 0.3) is 0 Å². The van der Waals surface area contributed by atoms with Crippen LogP contribution in [0.2, 0.25) is 0 Å². The van der Waals surface area contributed by atoms with Crippen molar-refractivity contribution >= 4 is 0 Å². The van der Waals surface area contributed by atoms with Crippen LogP contribution in [-0.4, -0.2) is 50.7 Å². The SMILES string of the molecule is COCC(O)CCNCC1CCCO1.